The SMILES string of the molecule is CNCc1cc(S(=O)(=O)NC2CC2(C)C)c[nH]1. The highest BCUT2D eigenvalue weighted by Gasteiger charge is 2.47. The third-order valence-electron chi connectivity index (χ3n) is 3.20. The Labute approximate surface area is 102 Å². The van der Waals surface area contributed by atoms with E-state index in [4.69, 9.17) is 0 Å². The van der Waals surface area contributed by atoms with Gasteiger partial charge < -0.3 is 10.3 Å². The highest BCUT2D eigenvalue weighted by molar-refractivity contribution is 7.89. The maximum absolute atomic E-state index is 12.0. The summed E-state index contributed by atoms with van der Waals surface area (Å²) in [5.41, 5.74) is 0.958. The second-order valence-corrected chi connectivity index (χ2v) is 6.97. The van der Waals surface area contributed by atoms with Crippen molar-refractivity contribution >= 4 is 10.0 Å². The van der Waals surface area contributed by atoms with Crippen LogP contribution in [0.1, 0.15) is 26.0 Å². The van der Waals surface area contributed by atoms with Gasteiger partial charge >= 0.3 is 0 Å². The fourth-order valence-corrected chi connectivity index (χ4v) is 3.21. The van der Waals surface area contributed by atoms with E-state index >= 15 is 0 Å². The largest absolute Gasteiger partial charge is 0.363 e. The van der Waals surface area contributed by atoms with Gasteiger partial charge in [0.1, 0.15) is 0 Å². The topological polar surface area (TPSA) is 74.0 Å². The second-order valence-electron chi connectivity index (χ2n) is 5.26. The van der Waals surface area contributed by atoms with Crippen molar-refractivity contribution in [2.45, 2.75) is 37.8 Å². The van der Waals surface area contributed by atoms with Crippen molar-refractivity contribution in [1.29, 1.82) is 0 Å². The van der Waals surface area contributed by atoms with E-state index < -0.39 is 10.0 Å². The molecule has 0 radical (unpaired) electrons. The Morgan fingerprint density at radius 3 is 2.71 bits per heavy atom. The Morgan fingerprint density at radius 1 is 1.53 bits per heavy atom. The normalized spacial score (nSPS) is 22.6. The number of aromatic nitrogens is 1. The van der Waals surface area contributed by atoms with E-state index in [1.807, 2.05) is 7.05 Å². The second kappa shape index (κ2) is 4.12. The Kier molecular flexibility index (Phi) is 3.05. The molecule has 1 heterocycles. The first kappa shape index (κ1) is 12.6. The summed E-state index contributed by atoms with van der Waals surface area (Å²) in [4.78, 5) is 3.26. The van der Waals surface area contributed by atoms with Crippen LogP contribution in [-0.2, 0) is 16.6 Å². The molecule has 1 aliphatic carbocycles. The van der Waals surface area contributed by atoms with Gasteiger partial charge in [-0.1, -0.05) is 13.8 Å². The average molecular weight is 257 g/mol. The Bertz CT molecular complexity index is 505. The molecule has 0 aliphatic heterocycles. The van der Waals surface area contributed by atoms with Crippen LogP contribution in [0.5, 0.6) is 0 Å². The molecule has 1 aromatic heterocycles. The summed E-state index contributed by atoms with van der Waals surface area (Å²) in [5.74, 6) is 0. The zero-order chi connectivity index (χ0) is 12.7. The summed E-state index contributed by atoms with van der Waals surface area (Å²) in [6.07, 6.45) is 2.43. The summed E-state index contributed by atoms with van der Waals surface area (Å²) >= 11 is 0. The van der Waals surface area contributed by atoms with Crippen LogP contribution < -0.4 is 10.0 Å². The molecule has 1 aromatic rings. The van der Waals surface area contributed by atoms with Crippen LogP contribution in [0, 0.1) is 5.41 Å². The minimum absolute atomic E-state index is 0.0650. The Morgan fingerprint density at radius 2 is 2.18 bits per heavy atom. The van der Waals surface area contributed by atoms with Crippen LogP contribution in [0.3, 0.4) is 0 Å². The van der Waals surface area contributed by atoms with Crippen molar-refractivity contribution in [3.63, 3.8) is 0 Å². The number of hydrogen-bond donors (Lipinski definition) is 3. The number of sulfonamides is 1. The highest BCUT2D eigenvalue weighted by atomic mass is 32.2. The van der Waals surface area contributed by atoms with Gasteiger partial charge in [0.15, 0.2) is 0 Å². The molecule has 1 saturated carbocycles. The van der Waals surface area contributed by atoms with E-state index in [-0.39, 0.29) is 11.5 Å². The fourth-order valence-electron chi connectivity index (χ4n) is 1.79. The van der Waals surface area contributed by atoms with Crippen LogP contribution in [-0.4, -0.2) is 26.5 Å². The lowest BCUT2D eigenvalue weighted by molar-refractivity contribution is 0.555. The smallest absolute Gasteiger partial charge is 0.242 e. The molecule has 6 heteroatoms. The molecule has 1 unspecified atom stereocenters. The van der Waals surface area contributed by atoms with E-state index in [0.717, 1.165) is 12.1 Å². The lowest BCUT2D eigenvalue weighted by atomic mass is 10.2. The van der Waals surface area contributed by atoms with Crippen molar-refractivity contribution in [2.75, 3.05) is 7.05 Å². The number of nitrogens with one attached hydrogen (secondary N) is 3. The molecule has 1 atom stereocenters. The number of hydrogen-bond acceptors (Lipinski definition) is 3. The first-order valence-electron chi connectivity index (χ1n) is 5.69. The zero-order valence-corrected chi connectivity index (χ0v) is 11.2. The summed E-state index contributed by atoms with van der Waals surface area (Å²) in [7, 11) is -1.56. The number of H-pyrrole nitrogens is 1. The van der Waals surface area contributed by atoms with Crippen LogP contribution in [0.15, 0.2) is 17.2 Å². The Balaban J connectivity index is 2.09. The van der Waals surface area contributed by atoms with Gasteiger partial charge in [-0.05, 0) is 24.9 Å². The summed E-state index contributed by atoms with van der Waals surface area (Å²) < 4.78 is 26.8. The molecule has 1 aliphatic rings. The van der Waals surface area contributed by atoms with Crippen molar-refractivity contribution in [2.24, 2.45) is 5.41 Å². The van der Waals surface area contributed by atoms with Gasteiger partial charge in [-0.15, -0.1) is 0 Å². The molecule has 0 saturated heterocycles. The summed E-state index contributed by atoms with van der Waals surface area (Å²) in [6.45, 7) is 4.75. The monoisotopic (exact) mass is 257 g/mol. The van der Waals surface area contributed by atoms with E-state index in [1.165, 1.54) is 6.20 Å². The predicted octanol–water partition coefficient (Wildman–Crippen LogP) is 0.811. The third-order valence-corrected chi connectivity index (χ3v) is 4.66. The molecule has 0 spiro atoms. The van der Waals surface area contributed by atoms with Crippen LogP contribution >= 0.6 is 0 Å². The molecule has 1 fully saturated rings. The maximum atomic E-state index is 12.0. The van der Waals surface area contributed by atoms with Gasteiger partial charge in [-0.3, -0.25) is 0 Å². The predicted molar refractivity (Wildman–Crippen MR) is 66.1 cm³/mol. The zero-order valence-electron chi connectivity index (χ0n) is 10.4. The van der Waals surface area contributed by atoms with E-state index in [1.54, 1.807) is 6.07 Å². The molecular weight excluding hydrogens is 238 g/mol. The third kappa shape index (κ3) is 2.70. The molecule has 5 nitrogen and oxygen atoms in total. The maximum Gasteiger partial charge on any atom is 0.242 e. The van der Waals surface area contributed by atoms with Crippen LogP contribution in [0.4, 0.5) is 0 Å². The van der Waals surface area contributed by atoms with Crippen LogP contribution in [0.25, 0.3) is 0 Å². The van der Waals surface area contributed by atoms with Gasteiger partial charge in [0.25, 0.3) is 0 Å². The first-order chi connectivity index (χ1) is 7.85. The van der Waals surface area contributed by atoms with Gasteiger partial charge in [0.2, 0.25) is 10.0 Å². The molecular formula is C11H19N3O2S. The van der Waals surface area contributed by atoms with E-state index in [9.17, 15) is 8.42 Å². The van der Waals surface area contributed by atoms with Crippen LogP contribution in [0.2, 0.25) is 0 Å². The summed E-state index contributed by atoms with van der Waals surface area (Å²) in [6, 6.07) is 1.73. The molecule has 0 amide bonds. The molecule has 0 bridgehead atoms. The van der Waals surface area contributed by atoms with Gasteiger partial charge in [-0.25, -0.2) is 13.1 Å². The number of aromatic amines is 1. The first-order valence-corrected chi connectivity index (χ1v) is 7.18. The van der Waals surface area contributed by atoms with Gasteiger partial charge in [-0.2, -0.15) is 0 Å². The molecule has 0 aromatic carbocycles. The molecule has 17 heavy (non-hydrogen) atoms. The van der Waals surface area contributed by atoms with E-state index in [2.05, 4.69) is 28.9 Å². The highest BCUT2D eigenvalue weighted by Crippen LogP contribution is 2.45. The average Bonchev–Trinajstić information content (AvgIpc) is 2.66. The quantitative estimate of drug-likeness (QED) is 0.731. The summed E-state index contributed by atoms with van der Waals surface area (Å²) in [5, 5.41) is 2.97. The fraction of sp³-hybridized carbons (Fsp3) is 0.636. The van der Waals surface area contributed by atoms with Crippen molar-refractivity contribution in [1.82, 2.24) is 15.0 Å². The van der Waals surface area contributed by atoms with Crippen molar-refractivity contribution in [3.05, 3.63) is 18.0 Å². The van der Waals surface area contributed by atoms with Crippen molar-refractivity contribution in [3.8, 4) is 0 Å². The molecule has 96 valence electrons. The van der Waals surface area contributed by atoms with Gasteiger partial charge in [0.05, 0.1) is 4.90 Å². The van der Waals surface area contributed by atoms with Gasteiger partial charge in [0, 0.05) is 24.5 Å². The van der Waals surface area contributed by atoms with Crippen molar-refractivity contribution < 1.29 is 8.42 Å². The van der Waals surface area contributed by atoms with E-state index in [0.29, 0.717) is 11.4 Å². The molecule has 3 N–H and O–H groups in total. The standard InChI is InChI=1S/C11H19N3O2S/c1-11(2)5-10(11)14-17(15,16)9-4-8(6-12-3)13-7-9/h4,7,10,12-14H,5-6H2,1-3H3. The molecule has 2 rings (SSSR count). The minimum atomic E-state index is -3.37. The lowest BCUT2D eigenvalue weighted by Gasteiger charge is -2.06. The number of rotatable bonds is 5. The Hall–Kier alpha value is -0.850. The minimum Gasteiger partial charge on any atom is -0.363 e. The lowest BCUT2D eigenvalue weighted by Crippen LogP contribution is -2.28.